The molecule has 0 spiro atoms. The fraction of sp³-hybridized carbons (Fsp3) is 0.167. The molecule has 1 aromatic heterocycles. The molecule has 0 unspecified atom stereocenters. The summed E-state index contributed by atoms with van der Waals surface area (Å²) in [7, 11) is 0. The van der Waals surface area contributed by atoms with Crippen molar-refractivity contribution in [2.45, 2.75) is 19.4 Å². The number of rotatable bonds is 4. The van der Waals surface area contributed by atoms with E-state index in [4.69, 9.17) is 4.74 Å². The van der Waals surface area contributed by atoms with Gasteiger partial charge in [0.2, 0.25) is 0 Å². The lowest BCUT2D eigenvalue weighted by atomic mass is 10.1. The molecule has 3 rings (SSSR count). The molecular weight excluding hydrogens is 311 g/mol. The average Bonchev–Trinajstić information content (AvgIpc) is 2.54. The van der Waals surface area contributed by atoms with E-state index in [-0.39, 0.29) is 17.8 Å². The molecule has 0 aliphatic heterocycles. The molecule has 0 radical (unpaired) electrons. The van der Waals surface area contributed by atoms with Crippen molar-refractivity contribution in [2.75, 3.05) is 0 Å². The van der Waals surface area contributed by atoms with Gasteiger partial charge in [-0.3, -0.25) is 9.59 Å². The molecule has 0 aliphatic rings. The molecule has 5 nitrogen and oxygen atoms in total. The quantitative estimate of drug-likeness (QED) is 0.748. The third-order valence-electron chi connectivity index (χ3n) is 3.56. The monoisotopic (exact) mass is 326 g/mol. The SMILES string of the molecule is C[C@@H](OC(=O)Cc1cccc(F)c1)c1nc2ccccc2c(=O)[nH]1. The number of halogens is 1. The van der Waals surface area contributed by atoms with Crippen LogP contribution in [-0.4, -0.2) is 15.9 Å². The van der Waals surface area contributed by atoms with Crippen LogP contribution in [0.15, 0.2) is 53.3 Å². The Morgan fingerprint density at radius 1 is 1.25 bits per heavy atom. The molecule has 3 aromatic rings. The maximum atomic E-state index is 13.1. The number of nitrogens with one attached hydrogen (secondary N) is 1. The summed E-state index contributed by atoms with van der Waals surface area (Å²) >= 11 is 0. The second-order valence-corrected chi connectivity index (χ2v) is 5.41. The van der Waals surface area contributed by atoms with Gasteiger partial charge >= 0.3 is 5.97 Å². The summed E-state index contributed by atoms with van der Waals surface area (Å²) in [4.78, 5) is 31.0. The average molecular weight is 326 g/mol. The summed E-state index contributed by atoms with van der Waals surface area (Å²) in [6.07, 6.45) is -0.775. The maximum Gasteiger partial charge on any atom is 0.310 e. The summed E-state index contributed by atoms with van der Waals surface area (Å²) < 4.78 is 18.4. The zero-order valence-electron chi connectivity index (χ0n) is 13.0. The van der Waals surface area contributed by atoms with E-state index in [2.05, 4.69) is 9.97 Å². The topological polar surface area (TPSA) is 72.0 Å². The molecule has 0 fully saturated rings. The van der Waals surface area contributed by atoms with Crippen LogP contribution < -0.4 is 5.56 Å². The van der Waals surface area contributed by atoms with Gasteiger partial charge in [0, 0.05) is 0 Å². The largest absolute Gasteiger partial charge is 0.454 e. The zero-order valence-corrected chi connectivity index (χ0v) is 13.0. The number of hydrogen-bond donors (Lipinski definition) is 1. The molecule has 0 saturated heterocycles. The molecule has 24 heavy (non-hydrogen) atoms. The van der Waals surface area contributed by atoms with Crippen molar-refractivity contribution in [1.82, 2.24) is 9.97 Å². The Kier molecular flexibility index (Phi) is 4.37. The Morgan fingerprint density at radius 3 is 2.83 bits per heavy atom. The second-order valence-electron chi connectivity index (χ2n) is 5.41. The number of benzene rings is 2. The smallest absolute Gasteiger partial charge is 0.310 e. The highest BCUT2D eigenvalue weighted by Gasteiger charge is 2.16. The van der Waals surface area contributed by atoms with Crippen molar-refractivity contribution < 1.29 is 13.9 Å². The highest BCUT2D eigenvalue weighted by atomic mass is 19.1. The number of ether oxygens (including phenoxy) is 1. The van der Waals surface area contributed by atoms with Gasteiger partial charge in [-0.05, 0) is 36.8 Å². The lowest BCUT2D eigenvalue weighted by Gasteiger charge is -2.13. The van der Waals surface area contributed by atoms with E-state index in [0.29, 0.717) is 16.5 Å². The Labute approximate surface area is 137 Å². The third-order valence-corrected chi connectivity index (χ3v) is 3.56. The van der Waals surface area contributed by atoms with Crippen molar-refractivity contribution in [2.24, 2.45) is 0 Å². The number of para-hydroxylation sites is 1. The van der Waals surface area contributed by atoms with Crippen LogP contribution in [0.3, 0.4) is 0 Å². The summed E-state index contributed by atoms with van der Waals surface area (Å²) in [5, 5.41) is 0.472. The molecule has 2 aromatic carbocycles. The van der Waals surface area contributed by atoms with Crippen LogP contribution in [-0.2, 0) is 16.0 Å². The molecule has 1 atom stereocenters. The van der Waals surface area contributed by atoms with Crippen molar-refractivity contribution in [1.29, 1.82) is 0 Å². The zero-order chi connectivity index (χ0) is 17.1. The molecule has 1 N–H and O–H groups in total. The first-order valence-corrected chi connectivity index (χ1v) is 7.46. The van der Waals surface area contributed by atoms with Crippen LogP contribution in [0.4, 0.5) is 4.39 Å². The predicted molar refractivity (Wildman–Crippen MR) is 87.0 cm³/mol. The highest BCUT2D eigenvalue weighted by Crippen LogP contribution is 2.15. The Balaban J connectivity index is 1.76. The van der Waals surface area contributed by atoms with Gasteiger partial charge in [0.05, 0.1) is 17.3 Å². The number of hydrogen-bond acceptors (Lipinski definition) is 4. The fourth-order valence-corrected chi connectivity index (χ4v) is 2.41. The minimum atomic E-state index is -0.719. The van der Waals surface area contributed by atoms with Crippen LogP contribution >= 0.6 is 0 Å². The first-order chi connectivity index (χ1) is 11.5. The molecule has 0 amide bonds. The van der Waals surface area contributed by atoms with E-state index in [9.17, 15) is 14.0 Å². The number of H-pyrrole nitrogens is 1. The van der Waals surface area contributed by atoms with Gasteiger partial charge < -0.3 is 9.72 Å². The Hall–Kier alpha value is -3.02. The Morgan fingerprint density at radius 2 is 2.04 bits per heavy atom. The molecule has 122 valence electrons. The predicted octanol–water partition coefficient (Wildman–Crippen LogP) is 2.91. The number of carbonyl (C=O) groups excluding carboxylic acids is 1. The molecule has 1 heterocycles. The standard InChI is InChI=1S/C18H15FN2O3/c1-11(24-16(22)10-12-5-4-6-13(19)9-12)17-20-15-8-3-2-7-14(15)18(23)21-17/h2-9,11H,10H2,1H3,(H,20,21,23)/t11-/m1/s1. The molecular formula is C18H15FN2O3. The second kappa shape index (κ2) is 6.62. The van der Waals surface area contributed by atoms with Crippen molar-refractivity contribution in [3.8, 4) is 0 Å². The minimum Gasteiger partial charge on any atom is -0.454 e. The number of esters is 1. The summed E-state index contributed by atoms with van der Waals surface area (Å²) in [5.41, 5.74) is 0.764. The van der Waals surface area contributed by atoms with Crippen molar-refractivity contribution in [3.63, 3.8) is 0 Å². The molecule has 0 bridgehead atoms. The summed E-state index contributed by atoms with van der Waals surface area (Å²) in [5.74, 6) is -0.663. The van der Waals surface area contributed by atoms with Crippen molar-refractivity contribution in [3.05, 3.63) is 76.1 Å². The summed E-state index contributed by atoms with van der Waals surface area (Å²) in [6.45, 7) is 1.62. The van der Waals surface area contributed by atoms with E-state index < -0.39 is 17.9 Å². The van der Waals surface area contributed by atoms with Gasteiger partial charge in [0.25, 0.3) is 5.56 Å². The summed E-state index contributed by atoms with van der Waals surface area (Å²) in [6, 6.07) is 12.7. The van der Waals surface area contributed by atoms with Crippen molar-refractivity contribution >= 4 is 16.9 Å². The number of carbonyl (C=O) groups is 1. The van der Waals surface area contributed by atoms with Gasteiger partial charge in [0.1, 0.15) is 5.82 Å². The first kappa shape index (κ1) is 15.9. The van der Waals surface area contributed by atoms with E-state index in [1.54, 1.807) is 37.3 Å². The maximum absolute atomic E-state index is 13.1. The van der Waals surface area contributed by atoms with Crippen LogP contribution in [0.25, 0.3) is 10.9 Å². The van der Waals surface area contributed by atoms with Gasteiger partial charge in [-0.25, -0.2) is 9.37 Å². The third kappa shape index (κ3) is 3.48. The number of nitrogens with zero attached hydrogens (tertiary/aromatic N) is 1. The van der Waals surface area contributed by atoms with E-state index >= 15 is 0 Å². The number of fused-ring (bicyclic) bond motifs is 1. The van der Waals surface area contributed by atoms with E-state index in [0.717, 1.165) is 0 Å². The molecule has 0 saturated carbocycles. The fourth-order valence-electron chi connectivity index (χ4n) is 2.41. The molecule has 0 aliphatic carbocycles. The molecule has 6 heteroatoms. The lowest BCUT2D eigenvalue weighted by molar-refractivity contribution is -0.148. The van der Waals surface area contributed by atoms with E-state index in [1.165, 1.54) is 18.2 Å². The van der Waals surface area contributed by atoms with Crippen LogP contribution in [0.5, 0.6) is 0 Å². The lowest BCUT2D eigenvalue weighted by Crippen LogP contribution is -2.18. The number of aromatic nitrogens is 2. The van der Waals surface area contributed by atoms with Crippen LogP contribution in [0.2, 0.25) is 0 Å². The first-order valence-electron chi connectivity index (χ1n) is 7.46. The number of aromatic amines is 1. The van der Waals surface area contributed by atoms with Gasteiger partial charge in [-0.1, -0.05) is 24.3 Å². The van der Waals surface area contributed by atoms with Gasteiger partial charge in [-0.2, -0.15) is 0 Å². The van der Waals surface area contributed by atoms with Gasteiger partial charge in [-0.15, -0.1) is 0 Å². The van der Waals surface area contributed by atoms with E-state index in [1.807, 2.05) is 0 Å². The normalized spacial score (nSPS) is 12.1. The Bertz CT molecular complexity index is 952. The highest BCUT2D eigenvalue weighted by molar-refractivity contribution is 5.77. The minimum absolute atomic E-state index is 0.0556. The van der Waals surface area contributed by atoms with Crippen LogP contribution in [0, 0.1) is 5.82 Å². The van der Waals surface area contributed by atoms with Crippen LogP contribution in [0.1, 0.15) is 24.4 Å². The van der Waals surface area contributed by atoms with Gasteiger partial charge in [0.15, 0.2) is 11.9 Å².